The first-order valence-electron chi connectivity index (χ1n) is 8.70. The van der Waals surface area contributed by atoms with E-state index in [9.17, 15) is 0 Å². The van der Waals surface area contributed by atoms with Crippen LogP contribution in [0.3, 0.4) is 0 Å². The van der Waals surface area contributed by atoms with Crippen LogP contribution in [-0.4, -0.2) is 45.6 Å². The van der Waals surface area contributed by atoms with Gasteiger partial charge in [0, 0.05) is 37.9 Å². The lowest BCUT2D eigenvalue weighted by Gasteiger charge is -2.28. The van der Waals surface area contributed by atoms with Gasteiger partial charge in [-0.2, -0.15) is 0 Å². The molecule has 0 unspecified atom stereocenters. The fraction of sp³-hybridized carbons (Fsp3) is 0.421. The highest BCUT2D eigenvalue weighted by molar-refractivity contribution is 5.79. The third kappa shape index (κ3) is 3.46. The molecule has 3 heterocycles. The highest BCUT2D eigenvalue weighted by atomic mass is 16.5. The second-order valence-corrected chi connectivity index (χ2v) is 6.24. The molecule has 0 bridgehead atoms. The average molecular weight is 325 g/mol. The molecule has 2 saturated heterocycles. The van der Waals surface area contributed by atoms with Gasteiger partial charge < -0.3 is 19.0 Å². The second kappa shape index (κ2) is 7.09. The number of benzene rings is 1. The highest BCUT2D eigenvalue weighted by Gasteiger charge is 2.15. The van der Waals surface area contributed by atoms with Crippen molar-refractivity contribution < 1.29 is 9.15 Å². The molecule has 0 atom stereocenters. The van der Waals surface area contributed by atoms with E-state index in [0.717, 1.165) is 56.7 Å². The molecule has 2 aromatic rings. The molecule has 4 rings (SSSR count). The minimum Gasteiger partial charge on any atom is -0.440 e. The Morgan fingerprint density at radius 2 is 1.58 bits per heavy atom. The molecule has 5 heteroatoms. The maximum atomic E-state index is 5.86. The summed E-state index contributed by atoms with van der Waals surface area (Å²) >= 11 is 0. The SMILES string of the molecule is C(=Nc1ccc(N2CCOCC2)cc1)c1ccc(N2CCCC2)o1. The van der Waals surface area contributed by atoms with Crippen molar-refractivity contribution >= 4 is 23.5 Å². The molecule has 2 fully saturated rings. The topological polar surface area (TPSA) is 41.2 Å². The Morgan fingerprint density at radius 1 is 0.833 bits per heavy atom. The minimum atomic E-state index is 0.800. The van der Waals surface area contributed by atoms with Gasteiger partial charge in [0.05, 0.1) is 25.1 Å². The van der Waals surface area contributed by atoms with E-state index < -0.39 is 0 Å². The molecular formula is C19H23N3O2. The number of hydrogen-bond donors (Lipinski definition) is 0. The van der Waals surface area contributed by atoms with Gasteiger partial charge in [0.2, 0.25) is 0 Å². The summed E-state index contributed by atoms with van der Waals surface area (Å²) in [5.74, 6) is 1.76. The monoisotopic (exact) mass is 325 g/mol. The molecule has 1 aromatic carbocycles. The zero-order valence-corrected chi connectivity index (χ0v) is 13.9. The van der Waals surface area contributed by atoms with Crippen LogP contribution in [-0.2, 0) is 4.74 Å². The Balaban J connectivity index is 1.40. The maximum Gasteiger partial charge on any atom is 0.196 e. The summed E-state index contributed by atoms with van der Waals surface area (Å²) in [4.78, 5) is 9.15. The molecule has 2 aliphatic heterocycles. The van der Waals surface area contributed by atoms with Gasteiger partial charge in [-0.3, -0.25) is 4.99 Å². The van der Waals surface area contributed by atoms with E-state index >= 15 is 0 Å². The Hall–Kier alpha value is -2.27. The standard InChI is InChI=1S/C19H23N3O2/c1-2-10-22(9-1)19-8-7-18(24-19)15-20-16-3-5-17(6-4-16)21-11-13-23-14-12-21/h3-8,15H,1-2,9-14H2. The molecule has 2 aliphatic rings. The van der Waals surface area contributed by atoms with Crippen molar-refractivity contribution in [2.75, 3.05) is 49.2 Å². The Labute approximate surface area is 142 Å². The number of anilines is 2. The van der Waals surface area contributed by atoms with Gasteiger partial charge in [-0.1, -0.05) is 0 Å². The Kier molecular flexibility index (Phi) is 4.51. The Morgan fingerprint density at radius 3 is 2.33 bits per heavy atom. The summed E-state index contributed by atoms with van der Waals surface area (Å²) < 4.78 is 11.3. The van der Waals surface area contributed by atoms with E-state index in [1.165, 1.54) is 18.5 Å². The number of aliphatic imine (C=N–C) groups is 1. The molecule has 24 heavy (non-hydrogen) atoms. The summed E-state index contributed by atoms with van der Waals surface area (Å²) in [6.45, 7) is 5.69. The van der Waals surface area contributed by atoms with Gasteiger partial charge in [-0.05, 0) is 43.2 Å². The van der Waals surface area contributed by atoms with Crippen molar-refractivity contribution in [3.63, 3.8) is 0 Å². The van der Waals surface area contributed by atoms with E-state index in [1.54, 1.807) is 6.21 Å². The van der Waals surface area contributed by atoms with E-state index in [0.29, 0.717) is 0 Å². The third-order valence-corrected chi connectivity index (χ3v) is 4.60. The molecule has 1 aromatic heterocycles. The fourth-order valence-corrected chi connectivity index (χ4v) is 3.23. The highest BCUT2D eigenvalue weighted by Crippen LogP contribution is 2.23. The molecule has 0 saturated carbocycles. The third-order valence-electron chi connectivity index (χ3n) is 4.60. The lowest BCUT2D eigenvalue weighted by Crippen LogP contribution is -2.36. The number of furan rings is 1. The molecule has 126 valence electrons. The van der Waals surface area contributed by atoms with Gasteiger partial charge in [-0.25, -0.2) is 0 Å². The summed E-state index contributed by atoms with van der Waals surface area (Å²) in [5, 5.41) is 0. The lowest BCUT2D eigenvalue weighted by atomic mass is 10.2. The van der Waals surface area contributed by atoms with Crippen LogP contribution in [0.25, 0.3) is 0 Å². The van der Waals surface area contributed by atoms with Crippen LogP contribution in [0, 0.1) is 0 Å². The van der Waals surface area contributed by atoms with Crippen molar-refractivity contribution in [2.24, 2.45) is 4.99 Å². The van der Waals surface area contributed by atoms with Crippen LogP contribution in [0.2, 0.25) is 0 Å². The van der Waals surface area contributed by atoms with Crippen molar-refractivity contribution in [3.05, 3.63) is 42.2 Å². The van der Waals surface area contributed by atoms with Gasteiger partial charge in [0.1, 0.15) is 5.76 Å². The number of nitrogens with zero attached hydrogens (tertiary/aromatic N) is 3. The predicted molar refractivity (Wildman–Crippen MR) is 96.9 cm³/mol. The minimum absolute atomic E-state index is 0.800. The number of morpholine rings is 1. The number of ether oxygens (including phenoxy) is 1. The van der Waals surface area contributed by atoms with Crippen molar-refractivity contribution in [1.29, 1.82) is 0 Å². The van der Waals surface area contributed by atoms with Crippen LogP contribution in [0.1, 0.15) is 18.6 Å². The molecular weight excluding hydrogens is 302 g/mol. The predicted octanol–water partition coefficient (Wildman–Crippen LogP) is 3.47. The Bertz CT molecular complexity index is 681. The van der Waals surface area contributed by atoms with Crippen LogP contribution in [0.5, 0.6) is 0 Å². The second-order valence-electron chi connectivity index (χ2n) is 6.24. The molecule has 0 spiro atoms. The van der Waals surface area contributed by atoms with E-state index in [-0.39, 0.29) is 0 Å². The van der Waals surface area contributed by atoms with Crippen LogP contribution >= 0.6 is 0 Å². The first-order chi connectivity index (χ1) is 11.9. The van der Waals surface area contributed by atoms with Gasteiger partial charge in [-0.15, -0.1) is 0 Å². The zero-order valence-electron chi connectivity index (χ0n) is 13.9. The van der Waals surface area contributed by atoms with Gasteiger partial charge in [0.25, 0.3) is 0 Å². The molecule has 0 N–H and O–H groups in total. The van der Waals surface area contributed by atoms with Crippen molar-refractivity contribution in [3.8, 4) is 0 Å². The zero-order chi connectivity index (χ0) is 16.2. The summed E-state index contributed by atoms with van der Waals surface area (Å²) in [5.41, 5.74) is 2.16. The lowest BCUT2D eigenvalue weighted by molar-refractivity contribution is 0.122. The van der Waals surface area contributed by atoms with Crippen molar-refractivity contribution in [2.45, 2.75) is 12.8 Å². The van der Waals surface area contributed by atoms with E-state index in [2.05, 4.69) is 26.9 Å². The fourth-order valence-electron chi connectivity index (χ4n) is 3.23. The first kappa shape index (κ1) is 15.3. The van der Waals surface area contributed by atoms with Crippen LogP contribution < -0.4 is 9.80 Å². The maximum absolute atomic E-state index is 5.86. The first-order valence-corrected chi connectivity index (χ1v) is 8.70. The number of rotatable bonds is 4. The smallest absolute Gasteiger partial charge is 0.196 e. The molecule has 0 radical (unpaired) electrons. The van der Waals surface area contributed by atoms with Gasteiger partial charge in [0.15, 0.2) is 5.88 Å². The average Bonchev–Trinajstić information content (AvgIpc) is 3.33. The van der Waals surface area contributed by atoms with Gasteiger partial charge >= 0.3 is 0 Å². The summed E-state index contributed by atoms with van der Waals surface area (Å²) in [7, 11) is 0. The largest absolute Gasteiger partial charge is 0.440 e. The van der Waals surface area contributed by atoms with Crippen LogP contribution in [0.15, 0.2) is 45.8 Å². The summed E-state index contributed by atoms with van der Waals surface area (Å²) in [6.07, 6.45) is 4.29. The molecule has 5 nitrogen and oxygen atoms in total. The molecule has 0 aliphatic carbocycles. The normalized spacial score (nSPS) is 18.7. The summed E-state index contributed by atoms with van der Waals surface area (Å²) in [6, 6.07) is 12.4. The van der Waals surface area contributed by atoms with E-state index in [1.807, 2.05) is 24.3 Å². The van der Waals surface area contributed by atoms with Crippen molar-refractivity contribution in [1.82, 2.24) is 0 Å². The number of hydrogen-bond acceptors (Lipinski definition) is 5. The van der Waals surface area contributed by atoms with E-state index in [4.69, 9.17) is 9.15 Å². The molecule has 0 amide bonds. The van der Waals surface area contributed by atoms with Crippen LogP contribution in [0.4, 0.5) is 17.3 Å². The quantitative estimate of drug-likeness (QED) is 0.807.